The average Bonchev–Trinajstić information content (AvgIpc) is 3.02. The number of hydrogen-bond acceptors (Lipinski definition) is 6. The molecule has 0 spiro atoms. The zero-order valence-corrected chi connectivity index (χ0v) is 17.4. The largest absolute Gasteiger partial charge is 0.467 e. The van der Waals surface area contributed by atoms with E-state index in [-0.39, 0.29) is 0 Å². The first kappa shape index (κ1) is 18.8. The second kappa shape index (κ2) is 7.92. The van der Waals surface area contributed by atoms with E-state index >= 15 is 0 Å². The molecule has 0 radical (unpaired) electrons. The summed E-state index contributed by atoms with van der Waals surface area (Å²) in [5, 5.41) is 0. The summed E-state index contributed by atoms with van der Waals surface area (Å²) in [6.07, 6.45) is 5.93. The van der Waals surface area contributed by atoms with Gasteiger partial charge in [-0.15, -0.1) is 0 Å². The molecule has 2 saturated heterocycles. The predicted octanol–water partition coefficient (Wildman–Crippen LogP) is 3.19. The normalized spacial score (nSPS) is 26.4. The summed E-state index contributed by atoms with van der Waals surface area (Å²) in [4.78, 5) is 14.7. The van der Waals surface area contributed by atoms with E-state index in [2.05, 4.69) is 40.1 Å². The van der Waals surface area contributed by atoms with Gasteiger partial charge in [0.2, 0.25) is 0 Å². The minimum atomic E-state index is 0.373. The number of benzene rings is 1. The molecule has 1 aromatic heterocycles. The van der Waals surface area contributed by atoms with Crippen molar-refractivity contribution in [2.45, 2.75) is 63.4 Å². The first-order valence-corrected chi connectivity index (χ1v) is 10.8. The Bertz CT molecular complexity index is 845. The number of piperidine rings is 1. The molecule has 0 amide bonds. The quantitative estimate of drug-likeness (QED) is 0.776. The van der Waals surface area contributed by atoms with Crippen LogP contribution in [0.1, 0.15) is 42.5 Å². The van der Waals surface area contributed by atoms with Gasteiger partial charge in [0.15, 0.2) is 0 Å². The van der Waals surface area contributed by atoms with Gasteiger partial charge in [0, 0.05) is 50.8 Å². The van der Waals surface area contributed by atoms with Gasteiger partial charge < -0.3 is 14.4 Å². The topological polar surface area (TPSA) is 50.7 Å². The summed E-state index contributed by atoms with van der Waals surface area (Å²) >= 11 is 0. The Hall–Kier alpha value is -2.18. The van der Waals surface area contributed by atoms with Crippen LogP contribution in [0, 0.1) is 0 Å². The van der Waals surface area contributed by atoms with E-state index in [0.717, 1.165) is 50.4 Å². The van der Waals surface area contributed by atoms with Crippen LogP contribution in [0.5, 0.6) is 6.01 Å². The molecule has 3 aliphatic heterocycles. The zero-order chi connectivity index (χ0) is 19.8. The Balaban J connectivity index is 1.46. The molecule has 1 aromatic carbocycles. The minimum absolute atomic E-state index is 0.373. The van der Waals surface area contributed by atoms with E-state index in [0.29, 0.717) is 24.2 Å². The van der Waals surface area contributed by atoms with Gasteiger partial charge in [-0.2, -0.15) is 9.97 Å². The molecule has 2 bridgehead atoms. The van der Waals surface area contributed by atoms with Gasteiger partial charge in [-0.25, -0.2) is 0 Å². The fourth-order valence-electron chi connectivity index (χ4n) is 5.38. The first-order valence-electron chi connectivity index (χ1n) is 10.8. The maximum atomic E-state index is 5.70. The van der Waals surface area contributed by atoms with Crippen LogP contribution < -0.4 is 9.64 Å². The van der Waals surface area contributed by atoms with Crippen molar-refractivity contribution in [2.75, 3.05) is 25.7 Å². The van der Waals surface area contributed by atoms with Gasteiger partial charge in [0.1, 0.15) is 5.82 Å². The number of rotatable bonds is 5. The van der Waals surface area contributed by atoms with Crippen LogP contribution in [0.3, 0.4) is 0 Å². The highest BCUT2D eigenvalue weighted by atomic mass is 16.5. The van der Waals surface area contributed by atoms with Gasteiger partial charge >= 0.3 is 6.01 Å². The molecule has 2 aromatic rings. The Labute approximate surface area is 172 Å². The Morgan fingerprint density at radius 1 is 1.03 bits per heavy atom. The third-order valence-corrected chi connectivity index (χ3v) is 6.80. The van der Waals surface area contributed by atoms with Crippen molar-refractivity contribution in [1.29, 1.82) is 0 Å². The van der Waals surface area contributed by atoms with E-state index in [1.807, 2.05) is 7.11 Å². The molecule has 6 heteroatoms. The highest BCUT2D eigenvalue weighted by Gasteiger charge is 2.43. The van der Waals surface area contributed by atoms with Crippen molar-refractivity contribution in [1.82, 2.24) is 14.9 Å². The second-order valence-electron chi connectivity index (χ2n) is 8.53. The van der Waals surface area contributed by atoms with Crippen LogP contribution in [0.2, 0.25) is 0 Å². The van der Waals surface area contributed by atoms with Gasteiger partial charge in [-0.05, 0) is 31.2 Å². The number of aromatic nitrogens is 2. The summed E-state index contributed by atoms with van der Waals surface area (Å²) in [5.41, 5.74) is 3.80. The lowest BCUT2D eigenvalue weighted by Gasteiger charge is -2.41. The van der Waals surface area contributed by atoms with Crippen LogP contribution in [0.15, 0.2) is 30.3 Å². The van der Waals surface area contributed by atoms with Gasteiger partial charge in [-0.1, -0.05) is 30.3 Å². The molecule has 2 fully saturated rings. The summed E-state index contributed by atoms with van der Waals surface area (Å²) in [5.74, 6) is 1.10. The molecule has 3 aliphatic rings. The Morgan fingerprint density at radius 3 is 2.48 bits per heavy atom. The Kier molecular flexibility index (Phi) is 5.14. The molecule has 0 saturated carbocycles. The maximum absolute atomic E-state index is 5.70. The molecular weight excluding hydrogens is 364 g/mol. The predicted molar refractivity (Wildman–Crippen MR) is 112 cm³/mol. The van der Waals surface area contributed by atoms with Crippen molar-refractivity contribution in [3.05, 3.63) is 47.2 Å². The average molecular weight is 395 g/mol. The van der Waals surface area contributed by atoms with Crippen LogP contribution in [0.4, 0.5) is 5.82 Å². The van der Waals surface area contributed by atoms with E-state index in [4.69, 9.17) is 19.4 Å². The maximum Gasteiger partial charge on any atom is 0.318 e. The lowest BCUT2D eigenvalue weighted by Crippen LogP contribution is -2.47. The van der Waals surface area contributed by atoms with Gasteiger partial charge in [0.05, 0.1) is 18.9 Å². The van der Waals surface area contributed by atoms with Crippen molar-refractivity contribution in [3.8, 4) is 6.01 Å². The van der Waals surface area contributed by atoms with E-state index in [9.17, 15) is 0 Å². The molecule has 4 heterocycles. The van der Waals surface area contributed by atoms with Crippen LogP contribution >= 0.6 is 0 Å². The number of methoxy groups -OCH3 is 2. The number of ether oxygens (including phenoxy) is 2. The second-order valence-corrected chi connectivity index (χ2v) is 8.53. The molecule has 6 nitrogen and oxygen atoms in total. The summed E-state index contributed by atoms with van der Waals surface area (Å²) in [7, 11) is 3.51. The highest BCUT2D eigenvalue weighted by Crippen LogP contribution is 2.42. The summed E-state index contributed by atoms with van der Waals surface area (Å²) in [6.45, 7) is 2.87. The molecule has 2 atom stereocenters. The summed E-state index contributed by atoms with van der Waals surface area (Å²) < 4.78 is 11.2. The van der Waals surface area contributed by atoms with Crippen LogP contribution in [-0.4, -0.2) is 53.8 Å². The number of hydrogen-bond donors (Lipinski definition) is 0. The fraction of sp³-hybridized carbons (Fsp3) is 0.565. The van der Waals surface area contributed by atoms with Crippen molar-refractivity contribution < 1.29 is 9.47 Å². The first-order chi connectivity index (χ1) is 14.2. The molecule has 154 valence electrons. The molecule has 0 aliphatic carbocycles. The van der Waals surface area contributed by atoms with E-state index < -0.39 is 0 Å². The molecule has 0 N–H and O–H groups in total. The fourth-order valence-corrected chi connectivity index (χ4v) is 5.38. The van der Waals surface area contributed by atoms with Crippen LogP contribution in [-0.2, 0) is 24.2 Å². The third kappa shape index (κ3) is 3.60. The lowest BCUT2D eigenvalue weighted by atomic mass is 9.97. The van der Waals surface area contributed by atoms with Gasteiger partial charge in [-0.3, -0.25) is 4.90 Å². The SMILES string of the molecule is COc1nc2c(c(N3C4CCC3CC(OC)C4)n1)CN(Cc1ccccc1)CC2. The highest BCUT2D eigenvalue weighted by molar-refractivity contribution is 5.54. The molecule has 5 rings (SSSR count). The van der Waals surface area contributed by atoms with Crippen molar-refractivity contribution in [3.63, 3.8) is 0 Å². The third-order valence-electron chi connectivity index (χ3n) is 6.80. The standard InChI is InChI=1S/C23H30N4O2/c1-28-19-12-17-8-9-18(13-19)27(17)22-20-15-26(14-16-6-4-3-5-7-16)11-10-21(20)24-23(25-22)29-2/h3-7,17-19H,8-15H2,1-2H3. The van der Waals surface area contributed by atoms with Gasteiger partial charge in [0.25, 0.3) is 0 Å². The number of anilines is 1. The van der Waals surface area contributed by atoms with E-state index in [1.165, 1.54) is 24.0 Å². The monoisotopic (exact) mass is 394 g/mol. The number of fused-ring (bicyclic) bond motifs is 3. The number of nitrogens with zero attached hydrogens (tertiary/aromatic N) is 4. The van der Waals surface area contributed by atoms with Crippen molar-refractivity contribution in [2.24, 2.45) is 0 Å². The van der Waals surface area contributed by atoms with Crippen molar-refractivity contribution >= 4 is 5.82 Å². The summed E-state index contributed by atoms with van der Waals surface area (Å²) in [6, 6.07) is 12.2. The van der Waals surface area contributed by atoms with E-state index in [1.54, 1.807) is 7.11 Å². The zero-order valence-electron chi connectivity index (χ0n) is 17.4. The molecular formula is C23H30N4O2. The lowest BCUT2D eigenvalue weighted by molar-refractivity contribution is 0.0680. The molecule has 29 heavy (non-hydrogen) atoms. The van der Waals surface area contributed by atoms with Crippen LogP contribution in [0.25, 0.3) is 0 Å². The smallest absolute Gasteiger partial charge is 0.318 e. The minimum Gasteiger partial charge on any atom is -0.467 e. The molecule has 2 unspecified atom stereocenters. The Morgan fingerprint density at radius 2 is 1.79 bits per heavy atom.